The van der Waals surface area contributed by atoms with Gasteiger partial charge in [-0.25, -0.2) is 4.98 Å². The van der Waals surface area contributed by atoms with Gasteiger partial charge in [-0.2, -0.15) is 0 Å². The van der Waals surface area contributed by atoms with Gasteiger partial charge < -0.3 is 22.3 Å². The molecule has 0 saturated heterocycles. The van der Waals surface area contributed by atoms with Crippen molar-refractivity contribution in [1.82, 2.24) is 9.46 Å². The van der Waals surface area contributed by atoms with Crippen molar-refractivity contribution in [3.8, 4) is 5.88 Å². The number of ether oxygens (including phenoxy) is 1. The van der Waals surface area contributed by atoms with Crippen molar-refractivity contribution in [1.29, 1.82) is 0 Å². The Balaban J connectivity index is 1.98. The zero-order valence-corrected chi connectivity index (χ0v) is 11.8. The van der Waals surface area contributed by atoms with Crippen molar-refractivity contribution >= 4 is 18.8 Å². The predicted octanol–water partition coefficient (Wildman–Crippen LogP) is 2.54. The minimum absolute atomic E-state index is 0.487. The van der Waals surface area contributed by atoms with Crippen LogP contribution in [0.1, 0.15) is 11.3 Å². The first-order valence-electron chi connectivity index (χ1n) is 6.87. The van der Waals surface area contributed by atoms with E-state index in [0.29, 0.717) is 17.3 Å². The SMILES string of the molecule is COc1ccc(C2=C3C=CC=[N+]3[B-](F)(F)n3cccc32)cn1. The molecule has 0 bridgehead atoms. The van der Waals surface area contributed by atoms with Crippen molar-refractivity contribution in [2.75, 3.05) is 7.11 Å². The number of rotatable bonds is 2. The van der Waals surface area contributed by atoms with E-state index < -0.39 is 6.97 Å². The average Bonchev–Trinajstić information content (AvgIpc) is 3.18. The summed E-state index contributed by atoms with van der Waals surface area (Å²) < 4.78 is 36.3. The molecule has 0 amide bonds. The van der Waals surface area contributed by atoms with Crippen LogP contribution in [0.2, 0.25) is 0 Å². The molecule has 22 heavy (non-hydrogen) atoms. The maximum absolute atomic E-state index is 14.6. The quantitative estimate of drug-likeness (QED) is 0.798. The molecule has 0 unspecified atom stereocenters. The molecule has 0 fully saturated rings. The molecular weight excluding hydrogens is 287 g/mol. The van der Waals surface area contributed by atoms with E-state index >= 15 is 0 Å². The van der Waals surface area contributed by atoms with Crippen LogP contribution in [0.3, 0.4) is 0 Å². The Bertz CT molecular complexity index is 850. The second-order valence-corrected chi connectivity index (χ2v) is 5.15. The minimum atomic E-state index is -3.86. The van der Waals surface area contributed by atoms with Crippen molar-refractivity contribution < 1.29 is 17.9 Å². The molecule has 4 nitrogen and oxygen atoms in total. The molecule has 0 N–H and O–H groups in total. The molecule has 0 radical (unpaired) electrons. The third-order valence-corrected chi connectivity index (χ3v) is 3.97. The Kier molecular flexibility index (Phi) is 2.60. The summed E-state index contributed by atoms with van der Waals surface area (Å²) in [6.07, 6.45) is 7.80. The van der Waals surface area contributed by atoms with Crippen LogP contribution < -0.4 is 4.74 Å². The molecule has 2 aromatic heterocycles. The molecule has 110 valence electrons. The molecule has 0 aromatic carbocycles. The monoisotopic (exact) mass is 299 g/mol. The average molecular weight is 299 g/mol. The molecular formula is C15H12BF2N3O. The van der Waals surface area contributed by atoms with Crippen molar-refractivity contribution in [3.05, 3.63) is 65.8 Å². The van der Waals surface area contributed by atoms with E-state index in [0.717, 1.165) is 20.1 Å². The Morgan fingerprint density at radius 2 is 2.14 bits per heavy atom. The van der Waals surface area contributed by atoms with Crippen molar-refractivity contribution in [3.63, 3.8) is 0 Å². The first-order chi connectivity index (χ1) is 10.6. The molecule has 0 atom stereocenters. The highest BCUT2D eigenvalue weighted by Gasteiger charge is 2.51. The highest BCUT2D eigenvalue weighted by molar-refractivity contribution is 6.57. The van der Waals surface area contributed by atoms with E-state index in [-0.39, 0.29) is 0 Å². The summed E-state index contributed by atoms with van der Waals surface area (Å²) in [4.78, 5) is 4.18. The summed E-state index contributed by atoms with van der Waals surface area (Å²) in [6.45, 7) is -3.86. The predicted molar refractivity (Wildman–Crippen MR) is 80.1 cm³/mol. The van der Waals surface area contributed by atoms with Crippen LogP contribution in [0.4, 0.5) is 8.63 Å². The number of hydrogen-bond donors (Lipinski definition) is 0. The third kappa shape index (κ3) is 1.62. The van der Waals surface area contributed by atoms with Crippen LogP contribution in [0.5, 0.6) is 5.88 Å². The van der Waals surface area contributed by atoms with E-state index in [1.807, 2.05) is 6.07 Å². The fourth-order valence-electron chi connectivity index (χ4n) is 2.96. The second-order valence-electron chi connectivity index (χ2n) is 5.15. The summed E-state index contributed by atoms with van der Waals surface area (Å²) in [5.41, 5.74) is 2.48. The number of fused-ring (bicyclic) bond motifs is 2. The van der Waals surface area contributed by atoms with E-state index in [1.54, 1.807) is 36.5 Å². The molecule has 2 aromatic rings. The lowest BCUT2D eigenvalue weighted by atomic mass is 9.87. The van der Waals surface area contributed by atoms with Gasteiger partial charge in [-0.3, -0.25) is 0 Å². The van der Waals surface area contributed by atoms with Gasteiger partial charge in [0.2, 0.25) is 5.88 Å². The Morgan fingerprint density at radius 1 is 1.27 bits per heavy atom. The maximum Gasteiger partial charge on any atom is 0.737 e. The first-order valence-corrected chi connectivity index (χ1v) is 6.87. The minimum Gasteiger partial charge on any atom is -0.481 e. The molecule has 2 aliphatic rings. The third-order valence-electron chi connectivity index (χ3n) is 3.97. The van der Waals surface area contributed by atoms with Crippen molar-refractivity contribution in [2.45, 2.75) is 0 Å². The van der Waals surface area contributed by atoms with Crippen LogP contribution in [0.25, 0.3) is 5.57 Å². The van der Waals surface area contributed by atoms with Crippen LogP contribution in [0, 0.1) is 0 Å². The molecule has 4 rings (SSSR count). The highest BCUT2D eigenvalue weighted by atomic mass is 19.2. The van der Waals surface area contributed by atoms with Crippen LogP contribution in [-0.2, 0) is 0 Å². The van der Waals surface area contributed by atoms with E-state index in [2.05, 4.69) is 4.98 Å². The van der Waals surface area contributed by atoms with E-state index in [4.69, 9.17) is 4.74 Å². The molecule has 0 saturated carbocycles. The van der Waals surface area contributed by atoms with Crippen LogP contribution >= 0.6 is 0 Å². The summed E-state index contributed by atoms with van der Waals surface area (Å²) in [5.74, 6) is 0.487. The number of aromatic nitrogens is 2. The van der Waals surface area contributed by atoms with Gasteiger partial charge in [-0.15, -0.1) is 0 Å². The smallest absolute Gasteiger partial charge is 0.481 e. The fraction of sp³-hybridized carbons (Fsp3) is 0.0667. The van der Waals surface area contributed by atoms with Gasteiger partial charge in [0.25, 0.3) is 0 Å². The maximum atomic E-state index is 14.6. The molecule has 0 aliphatic carbocycles. The summed E-state index contributed by atoms with van der Waals surface area (Å²) in [7, 11) is 1.54. The van der Waals surface area contributed by atoms with Gasteiger partial charge in [-0.1, -0.05) is 0 Å². The number of hydrogen-bond acceptors (Lipinski definition) is 2. The normalized spacial score (nSPS) is 18.0. The highest BCUT2D eigenvalue weighted by Crippen LogP contribution is 2.38. The number of allylic oxidation sites excluding steroid dienone is 2. The fourth-order valence-corrected chi connectivity index (χ4v) is 2.96. The molecule has 0 spiro atoms. The van der Waals surface area contributed by atoms with Crippen molar-refractivity contribution in [2.24, 2.45) is 0 Å². The lowest BCUT2D eigenvalue weighted by Gasteiger charge is -2.30. The Labute approximate surface area is 125 Å². The Hall–Kier alpha value is -2.70. The standard InChI is InChI=1S/C15H12BF2N3O/c1-22-14-7-6-11(10-19-14)15-12-4-2-8-20(12)16(17,18)21-9-3-5-13(15)21/h2-10H,1H3. The largest absolute Gasteiger partial charge is 0.737 e. The van der Waals surface area contributed by atoms with Gasteiger partial charge in [0.15, 0.2) is 5.70 Å². The van der Waals surface area contributed by atoms with Gasteiger partial charge in [0.05, 0.1) is 12.7 Å². The Morgan fingerprint density at radius 3 is 2.86 bits per heavy atom. The van der Waals surface area contributed by atoms with E-state index in [9.17, 15) is 8.63 Å². The van der Waals surface area contributed by atoms with Gasteiger partial charge in [-0.05, 0) is 24.4 Å². The lowest BCUT2D eigenvalue weighted by Crippen LogP contribution is -2.49. The zero-order chi connectivity index (χ0) is 15.3. The molecule has 4 heterocycles. The van der Waals surface area contributed by atoms with E-state index in [1.165, 1.54) is 19.5 Å². The zero-order valence-electron chi connectivity index (χ0n) is 11.8. The molecule has 7 heteroatoms. The lowest BCUT2D eigenvalue weighted by molar-refractivity contribution is -0.356. The van der Waals surface area contributed by atoms with Gasteiger partial charge >= 0.3 is 6.97 Å². The number of nitrogens with zero attached hydrogens (tertiary/aromatic N) is 3. The number of halogens is 2. The second kappa shape index (κ2) is 4.40. The number of pyridine rings is 1. The number of methoxy groups -OCH3 is 1. The summed E-state index contributed by atoms with van der Waals surface area (Å²) >= 11 is 0. The van der Waals surface area contributed by atoms with Crippen LogP contribution in [-0.4, -0.2) is 34.2 Å². The summed E-state index contributed by atoms with van der Waals surface area (Å²) in [5, 5.41) is 0. The van der Waals surface area contributed by atoms with Crippen LogP contribution in [0.15, 0.2) is 54.5 Å². The van der Waals surface area contributed by atoms with Gasteiger partial charge in [0, 0.05) is 35.7 Å². The summed E-state index contributed by atoms with van der Waals surface area (Å²) in [6, 6.07) is 6.88. The molecule has 2 aliphatic heterocycles. The first kappa shape index (κ1) is 13.0. The topological polar surface area (TPSA) is 30.1 Å². The van der Waals surface area contributed by atoms with Gasteiger partial charge in [0.1, 0.15) is 6.21 Å².